The van der Waals surface area contributed by atoms with Crippen molar-refractivity contribution in [3.63, 3.8) is 0 Å². The van der Waals surface area contributed by atoms with Gasteiger partial charge in [-0.2, -0.15) is 5.26 Å². The van der Waals surface area contributed by atoms with Gasteiger partial charge in [-0.05, 0) is 91.1 Å². The molecule has 0 saturated heterocycles. The second kappa shape index (κ2) is 12.9. The van der Waals surface area contributed by atoms with Crippen molar-refractivity contribution in [2.45, 2.75) is 0 Å². The van der Waals surface area contributed by atoms with E-state index < -0.39 is 0 Å². The van der Waals surface area contributed by atoms with Crippen molar-refractivity contribution < 1.29 is 0 Å². The number of hydrogen-bond acceptors (Lipinski definition) is 4. The van der Waals surface area contributed by atoms with Gasteiger partial charge in [0.2, 0.25) is 0 Å². The van der Waals surface area contributed by atoms with Gasteiger partial charge in [0, 0.05) is 38.7 Å². The van der Waals surface area contributed by atoms with Gasteiger partial charge in [0.1, 0.15) is 0 Å². The zero-order valence-corrected chi connectivity index (χ0v) is 31.6. The van der Waals surface area contributed by atoms with Crippen molar-refractivity contribution in [3.8, 4) is 57.0 Å². The molecule has 10 aromatic carbocycles. The summed E-state index contributed by atoms with van der Waals surface area (Å²) in [4.78, 5) is 15.2. The molecular weight excluding hydrogens is 719 g/mol. The third kappa shape index (κ3) is 5.07. The Hall–Kier alpha value is -8.20. The van der Waals surface area contributed by atoms with Gasteiger partial charge in [-0.3, -0.25) is 0 Å². The first-order valence-electron chi connectivity index (χ1n) is 19.8. The third-order valence-electron chi connectivity index (χ3n) is 11.8. The zero-order chi connectivity index (χ0) is 39.0. The number of benzene rings is 10. The minimum Gasteiger partial charge on any atom is -0.309 e. The maximum Gasteiger partial charge on any atom is 0.164 e. The normalized spacial score (nSPS) is 11.7. The van der Waals surface area contributed by atoms with Crippen LogP contribution in [-0.2, 0) is 0 Å². The van der Waals surface area contributed by atoms with Crippen LogP contribution in [0.15, 0.2) is 188 Å². The molecule has 0 aliphatic heterocycles. The molecule has 12 aromatic rings. The quantitative estimate of drug-likeness (QED) is 0.130. The summed E-state index contributed by atoms with van der Waals surface area (Å²) in [6, 6.07) is 68.0. The van der Waals surface area contributed by atoms with E-state index in [4.69, 9.17) is 15.0 Å². The summed E-state index contributed by atoms with van der Waals surface area (Å²) in [7, 11) is 0. The Morgan fingerprint density at radius 2 is 0.932 bits per heavy atom. The van der Waals surface area contributed by atoms with E-state index in [0.29, 0.717) is 23.0 Å². The number of nitrogens with zero attached hydrogens (tertiary/aromatic N) is 5. The first kappa shape index (κ1) is 33.0. The Bertz CT molecular complexity index is 3620. The predicted molar refractivity (Wildman–Crippen MR) is 242 cm³/mol. The Balaban J connectivity index is 1.17. The van der Waals surface area contributed by atoms with Crippen LogP contribution < -0.4 is 0 Å². The Kier molecular flexibility index (Phi) is 7.22. The molecule has 0 unspecified atom stereocenters. The highest BCUT2D eigenvalue weighted by Gasteiger charge is 2.24. The van der Waals surface area contributed by atoms with Crippen LogP contribution in [0.2, 0.25) is 0 Å². The molecule has 0 N–H and O–H groups in total. The number of hydrogen-bond donors (Lipinski definition) is 0. The van der Waals surface area contributed by atoms with Crippen LogP contribution in [0.1, 0.15) is 5.56 Å². The fraction of sp³-hybridized carbons (Fsp3) is 0. The highest BCUT2D eigenvalue weighted by atomic mass is 15.0. The second-order valence-electron chi connectivity index (χ2n) is 15.1. The van der Waals surface area contributed by atoms with E-state index in [0.717, 1.165) is 55.3 Å². The smallest absolute Gasteiger partial charge is 0.164 e. The predicted octanol–water partition coefficient (Wildman–Crippen LogP) is 13.6. The summed E-state index contributed by atoms with van der Waals surface area (Å²) in [5, 5.41) is 21.9. The first-order chi connectivity index (χ1) is 29.2. The summed E-state index contributed by atoms with van der Waals surface area (Å²) in [5.74, 6) is 1.87. The number of nitriles is 1. The lowest BCUT2D eigenvalue weighted by Gasteiger charge is -2.16. The summed E-state index contributed by atoms with van der Waals surface area (Å²) in [5.41, 5.74) is 8.77. The second-order valence-corrected chi connectivity index (χ2v) is 15.1. The minimum atomic E-state index is 0.617. The van der Waals surface area contributed by atoms with Crippen LogP contribution in [0.4, 0.5) is 0 Å². The van der Waals surface area contributed by atoms with Gasteiger partial charge in [-0.25, -0.2) is 15.0 Å². The summed E-state index contributed by atoms with van der Waals surface area (Å²) in [6.07, 6.45) is 0. The molecule has 0 fully saturated rings. The molecule has 0 aliphatic carbocycles. The number of aromatic nitrogens is 4. The van der Waals surface area contributed by atoms with E-state index in [9.17, 15) is 5.26 Å². The summed E-state index contributed by atoms with van der Waals surface area (Å²) >= 11 is 0. The Morgan fingerprint density at radius 1 is 0.390 bits per heavy atom. The topological polar surface area (TPSA) is 67.4 Å². The first-order valence-corrected chi connectivity index (χ1v) is 19.8. The van der Waals surface area contributed by atoms with E-state index in [2.05, 4.69) is 120 Å². The van der Waals surface area contributed by atoms with Gasteiger partial charge < -0.3 is 4.57 Å². The molecule has 0 spiro atoms. The monoisotopic (exact) mass is 749 g/mol. The molecule has 5 nitrogen and oxygen atoms in total. The van der Waals surface area contributed by atoms with E-state index in [-0.39, 0.29) is 0 Å². The Labute approximate surface area is 339 Å². The summed E-state index contributed by atoms with van der Waals surface area (Å²) in [6.45, 7) is 0. The lowest BCUT2D eigenvalue weighted by atomic mass is 9.89. The van der Waals surface area contributed by atoms with Gasteiger partial charge >= 0.3 is 0 Å². The molecule has 5 heteroatoms. The van der Waals surface area contributed by atoms with Gasteiger partial charge in [-0.1, -0.05) is 146 Å². The molecule has 2 aromatic heterocycles. The molecule has 0 amide bonds. The minimum absolute atomic E-state index is 0.617. The summed E-state index contributed by atoms with van der Waals surface area (Å²) < 4.78 is 2.37. The molecule has 0 bridgehead atoms. The average molecular weight is 750 g/mol. The molecule has 59 heavy (non-hydrogen) atoms. The fourth-order valence-electron chi connectivity index (χ4n) is 9.18. The number of rotatable bonds is 5. The van der Waals surface area contributed by atoms with Crippen molar-refractivity contribution in [1.82, 2.24) is 19.5 Å². The molecule has 12 rings (SSSR count). The maximum atomic E-state index is 10.1. The van der Waals surface area contributed by atoms with Gasteiger partial charge in [0.15, 0.2) is 17.5 Å². The van der Waals surface area contributed by atoms with Gasteiger partial charge in [-0.15, -0.1) is 0 Å². The average Bonchev–Trinajstić information content (AvgIpc) is 3.67. The standard InChI is InChI=1S/C54H31N5/c55-32-33-13-11-20-38(29-33)59-48-24-12-23-42-46-30-36-18-7-8-19-37(36)31-47(46)43-26-27-44(51(59)50(43)49(42)48)41-25-28-45(40-22-10-9-21-39(40)41)54-57-52(34-14-3-1-4-15-34)56-53(58-54)35-16-5-2-6-17-35/h1-31H. The molecule has 0 atom stereocenters. The van der Waals surface area contributed by atoms with E-state index in [1.807, 2.05) is 78.9 Å². The van der Waals surface area contributed by atoms with Gasteiger partial charge in [0.25, 0.3) is 0 Å². The van der Waals surface area contributed by atoms with Crippen LogP contribution >= 0.6 is 0 Å². The molecular formula is C54H31N5. The van der Waals surface area contributed by atoms with Crippen molar-refractivity contribution in [1.29, 1.82) is 5.26 Å². The van der Waals surface area contributed by atoms with E-state index in [1.165, 1.54) is 43.1 Å². The van der Waals surface area contributed by atoms with Crippen molar-refractivity contribution in [3.05, 3.63) is 194 Å². The van der Waals surface area contributed by atoms with Crippen LogP contribution in [0.25, 0.3) is 116 Å². The molecule has 0 aliphatic rings. The number of fused-ring (bicyclic) bond motifs is 5. The SMILES string of the molecule is N#Cc1cccc(-n2c3cccc4c5cc6ccccc6cc5c5ccc(-c6ccc(-c7nc(-c8ccccc8)nc(-c8ccccc8)n7)c7ccccc67)c2c5c43)c1. The third-order valence-corrected chi connectivity index (χ3v) is 11.8. The molecule has 0 saturated carbocycles. The zero-order valence-electron chi connectivity index (χ0n) is 31.6. The van der Waals surface area contributed by atoms with Crippen LogP contribution in [0.3, 0.4) is 0 Å². The maximum absolute atomic E-state index is 10.1. The highest BCUT2D eigenvalue weighted by molar-refractivity contribution is 6.37. The van der Waals surface area contributed by atoms with Crippen molar-refractivity contribution in [2.75, 3.05) is 0 Å². The van der Waals surface area contributed by atoms with Gasteiger partial charge in [0.05, 0.1) is 22.7 Å². The van der Waals surface area contributed by atoms with Crippen LogP contribution in [0.5, 0.6) is 0 Å². The van der Waals surface area contributed by atoms with Crippen molar-refractivity contribution in [2.24, 2.45) is 0 Å². The fourth-order valence-corrected chi connectivity index (χ4v) is 9.18. The van der Waals surface area contributed by atoms with Crippen LogP contribution in [-0.4, -0.2) is 19.5 Å². The lowest BCUT2D eigenvalue weighted by Crippen LogP contribution is -2.01. The largest absolute Gasteiger partial charge is 0.309 e. The highest BCUT2D eigenvalue weighted by Crippen LogP contribution is 2.48. The van der Waals surface area contributed by atoms with E-state index in [1.54, 1.807) is 0 Å². The lowest BCUT2D eigenvalue weighted by molar-refractivity contribution is 1.08. The molecule has 2 heterocycles. The van der Waals surface area contributed by atoms with E-state index >= 15 is 0 Å². The van der Waals surface area contributed by atoms with Crippen LogP contribution in [0, 0.1) is 11.3 Å². The van der Waals surface area contributed by atoms with Crippen molar-refractivity contribution >= 4 is 64.9 Å². The Morgan fingerprint density at radius 3 is 1.61 bits per heavy atom. The molecule has 0 radical (unpaired) electrons. The molecule has 272 valence electrons.